The van der Waals surface area contributed by atoms with E-state index in [0.717, 1.165) is 5.01 Å². The van der Waals surface area contributed by atoms with Crippen molar-refractivity contribution in [1.82, 2.24) is 5.01 Å². The van der Waals surface area contributed by atoms with Gasteiger partial charge >= 0.3 is 0 Å². The number of hydrazone groups is 1. The van der Waals surface area contributed by atoms with Crippen LogP contribution < -0.4 is 0 Å². The summed E-state index contributed by atoms with van der Waals surface area (Å²) in [6.45, 7) is 1.48. The van der Waals surface area contributed by atoms with Crippen LogP contribution in [0.1, 0.15) is 48.4 Å². The average molecular weight is 332 g/mol. The lowest BCUT2D eigenvalue weighted by atomic mass is 9.99. The molecule has 122 valence electrons. The van der Waals surface area contributed by atoms with Gasteiger partial charge < -0.3 is 0 Å². The Bertz CT molecular complexity index is 936. The maximum absolute atomic E-state index is 12.5. The van der Waals surface area contributed by atoms with Gasteiger partial charge in [-0.1, -0.05) is 36.4 Å². The summed E-state index contributed by atoms with van der Waals surface area (Å²) in [6, 6.07) is 12.9. The summed E-state index contributed by atoms with van der Waals surface area (Å²) < 4.78 is 0. The molecule has 6 nitrogen and oxygen atoms in total. The fraction of sp³-hybridized carbons (Fsp3) is 0.105. The molecule has 0 N–H and O–H groups in total. The summed E-state index contributed by atoms with van der Waals surface area (Å²) in [6.07, 6.45) is 0. The van der Waals surface area contributed by atoms with E-state index in [1.165, 1.54) is 6.92 Å². The molecule has 0 atom stereocenters. The summed E-state index contributed by atoms with van der Waals surface area (Å²) in [5.74, 6) is -2.94. The second-order valence-electron chi connectivity index (χ2n) is 5.92. The zero-order valence-corrected chi connectivity index (χ0v) is 13.2. The Morgan fingerprint density at radius 2 is 1.16 bits per heavy atom. The third kappa shape index (κ3) is 2.07. The van der Waals surface area contributed by atoms with Crippen molar-refractivity contribution in [3.8, 4) is 0 Å². The summed E-state index contributed by atoms with van der Waals surface area (Å²) in [7, 11) is 0. The first kappa shape index (κ1) is 15.1. The van der Waals surface area contributed by atoms with Crippen LogP contribution in [0.3, 0.4) is 0 Å². The summed E-state index contributed by atoms with van der Waals surface area (Å²) in [5, 5.41) is 4.75. The largest absolute Gasteiger partial charge is 0.293 e. The van der Waals surface area contributed by atoms with Gasteiger partial charge in [0.1, 0.15) is 5.92 Å². The number of nitrogens with zero attached hydrogens (tertiary/aromatic N) is 2. The van der Waals surface area contributed by atoms with E-state index in [1.807, 2.05) is 0 Å². The topological polar surface area (TPSA) is 83.9 Å². The molecule has 0 radical (unpaired) electrons. The van der Waals surface area contributed by atoms with Gasteiger partial charge in [0.15, 0.2) is 11.6 Å². The number of fused-ring (bicyclic) bond motifs is 2. The van der Waals surface area contributed by atoms with E-state index in [4.69, 9.17) is 0 Å². The molecular weight excluding hydrogens is 320 g/mol. The second kappa shape index (κ2) is 5.31. The lowest BCUT2D eigenvalue weighted by Gasteiger charge is -2.11. The number of hydrogen-bond acceptors (Lipinski definition) is 5. The quantitative estimate of drug-likeness (QED) is 0.480. The minimum absolute atomic E-state index is 0.126. The van der Waals surface area contributed by atoms with Crippen LogP contribution in [0, 0.1) is 5.92 Å². The first-order chi connectivity index (χ1) is 12.0. The van der Waals surface area contributed by atoms with E-state index < -0.39 is 17.7 Å². The molecule has 1 aliphatic carbocycles. The number of amides is 2. The van der Waals surface area contributed by atoms with Crippen molar-refractivity contribution in [3.63, 3.8) is 0 Å². The van der Waals surface area contributed by atoms with Gasteiger partial charge in [-0.05, 0) is 19.1 Å². The summed E-state index contributed by atoms with van der Waals surface area (Å²) in [5.41, 5.74) is 1.33. The van der Waals surface area contributed by atoms with E-state index >= 15 is 0 Å². The standard InChI is InChI=1S/C19H12N2O4/c1-10(15-16(22)11-6-2-3-7-12(11)17(15)23)20-21-18(24)13-8-4-5-9-14(13)19(21)25/h2-9,15H,1H3/b20-10-. The molecule has 25 heavy (non-hydrogen) atoms. The van der Waals surface area contributed by atoms with E-state index in [2.05, 4.69) is 5.10 Å². The molecular formula is C19H12N2O4. The number of hydrogen-bond donors (Lipinski definition) is 0. The van der Waals surface area contributed by atoms with Crippen molar-refractivity contribution >= 4 is 29.1 Å². The molecule has 2 aromatic carbocycles. The summed E-state index contributed by atoms with van der Waals surface area (Å²) >= 11 is 0. The van der Waals surface area contributed by atoms with Crippen LogP contribution in [0.25, 0.3) is 0 Å². The number of rotatable bonds is 2. The Morgan fingerprint density at radius 3 is 1.60 bits per heavy atom. The second-order valence-corrected chi connectivity index (χ2v) is 5.92. The minimum Gasteiger partial charge on any atom is -0.293 e. The maximum Gasteiger partial charge on any atom is 0.282 e. The molecule has 0 bridgehead atoms. The molecule has 0 aromatic heterocycles. The summed E-state index contributed by atoms with van der Waals surface area (Å²) in [4.78, 5) is 49.8. The number of carbonyl (C=O) groups is 4. The van der Waals surface area contributed by atoms with E-state index in [1.54, 1.807) is 48.5 Å². The Hall–Kier alpha value is -3.41. The number of imide groups is 1. The zero-order valence-electron chi connectivity index (χ0n) is 13.2. The van der Waals surface area contributed by atoms with Gasteiger partial charge in [0, 0.05) is 11.1 Å². The monoisotopic (exact) mass is 332 g/mol. The molecule has 1 heterocycles. The molecule has 2 amide bonds. The predicted molar refractivity (Wildman–Crippen MR) is 88.6 cm³/mol. The first-order valence-corrected chi connectivity index (χ1v) is 7.71. The Labute approximate surface area is 142 Å². The molecule has 0 spiro atoms. The van der Waals surface area contributed by atoms with Crippen LogP contribution in [0.2, 0.25) is 0 Å². The molecule has 0 unspecified atom stereocenters. The van der Waals surface area contributed by atoms with Crippen molar-refractivity contribution in [2.24, 2.45) is 11.0 Å². The van der Waals surface area contributed by atoms with Gasteiger partial charge in [-0.25, -0.2) is 0 Å². The number of Topliss-reactive ketones (excluding diaryl/α,β-unsaturated/α-hetero) is 2. The minimum atomic E-state index is -1.10. The Kier molecular flexibility index (Phi) is 3.21. The lowest BCUT2D eigenvalue weighted by molar-refractivity contribution is 0.0653. The Balaban J connectivity index is 1.70. The smallest absolute Gasteiger partial charge is 0.282 e. The third-order valence-electron chi connectivity index (χ3n) is 4.43. The van der Waals surface area contributed by atoms with Crippen molar-refractivity contribution in [2.75, 3.05) is 0 Å². The highest BCUT2D eigenvalue weighted by atomic mass is 16.2. The SMILES string of the molecule is C/C(=N/N1C(=O)c2ccccc2C1=O)C1C(=O)c2ccccc2C1=O. The predicted octanol–water partition coefficient (Wildman–Crippen LogP) is 2.35. The molecule has 0 saturated carbocycles. The fourth-order valence-corrected chi connectivity index (χ4v) is 3.21. The molecule has 1 aliphatic heterocycles. The fourth-order valence-electron chi connectivity index (χ4n) is 3.21. The van der Waals surface area contributed by atoms with Crippen molar-refractivity contribution < 1.29 is 19.2 Å². The van der Waals surface area contributed by atoms with Gasteiger partial charge in [-0.3, -0.25) is 19.2 Å². The van der Waals surface area contributed by atoms with E-state index in [-0.39, 0.29) is 28.4 Å². The van der Waals surface area contributed by atoms with Gasteiger partial charge in [-0.2, -0.15) is 10.1 Å². The molecule has 6 heteroatoms. The van der Waals surface area contributed by atoms with Crippen LogP contribution in [0.5, 0.6) is 0 Å². The zero-order chi connectivity index (χ0) is 17.7. The van der Waals surface area contributed by atoms with Crippen LogP contribution in [-0.2, 0) is 0 Å². The van der Waals surface area contributed by atoms with Crippen LogP contribution in [0.4, 0.5) is 0 Å². The van der Waals surface area contributed by atoms with E-state index in [0.29, 0.717) is 11.1 Å². The third-order valence-corrected chi connectivity index (χ3v) is 4.43. The normalized spacial score (nSPS) is 17.3. The molecule has 0 saturated heterocycles. The molecule has 0 fully saturated rings. The average Bonchev–Trinajstić information content (AvgIpc) is 3.02. The molecule has 2 aliphatic rings. The number of benzene rings is 2. The molecule has 2 aromatic rings. The van der Waals surface area contributed by atoms with Crippen molar-refractivity contribution in [2.45, 2.75) is 6.92 Å². The number of carbonyl (C=O) groups excluding carboxylic acids is 4. The Morgan fingerprint density at radius 1 is 0.760 bits per heavy atom. The highest BCUT2D eigenvalue weighted by Gasteiger charge is 2.42. The van der Waals surface area contributed by atoms with Gasteiger partial charge in [0.25, 0.3) is 11.8 Å². The van der Waals surface area contributed by atoms with Crippen molar-refractivity contribution in [1.29, 1.82) is 0 Å². The highest BCUT2D eigenvalue weighted by Crippen LogP contribution is 2.29. The highest BCUT2D eigenvalue weighted by molar-refractivity contribution is 6.36. The maximum atomic E-state index is 12.5. The van der Waals surface area contributed by atoms with Gasteiger partial charge in [-0.15, -0.1) is 0 Å². The van der Waals surface area contributed by atoms with Crippen LogP contribution in [-0.4, -0.2) is 34.1 Å². The van der Waals surface area contributed by atoms with Gasteiger partial charge in [0.05, 0.1) is 16.8 Å². The number of ketones is 2. The van der Waals surface area contributed by atoms with Crippen LogP contribution >= 0.6 is 0 Å². The lowest BCUT2D eigenvalue weighted by Crippen LogP contribution is -2.30. The first-order valence-electron chi connectivity index (χ1n) is 7.71. The van der Waals surface area contributed by atoms with Gasteiger partial charge in [0.2, 0.25) is 0 Å². The molecule has 4 rings (SSSR count). The van der Waals surface area contributed by atoms with Crippen LogP contribution in [0.15, 0.2) is 53.6 Å². The van der Waals surface area contributed by atoms with Crippen molar-refractivity contribution in [3.05, 3.63) is 70.8 Å². The van der Waals surface area contributed by atoms with E-state index in [9.17, 15) is 19.2 Å².